The number of thiazole rings is 1. The molecule has 0 spiro atoms. The maximum atomic E-state index is 12.3. The summed E-state index contributed by atoms with van der Waals surface area (Å²) in [6, 6.07) is 7.59. The highest BCUT2D eigenvalue weighted by atomic mass is 79.9. The van der Waals surface area contributed by atoms with E-state index in [0.717, 1.165) is 41.3 Å². The summed E-state index contributed by atoms with van der Waals surface area (Å²) in [5, 5.41) is 3.08. The standard InChI is InChI=1S/C15H16BrN3OS/c16-13-3-1-2-12(10-13)14(20)11-18-5-7-19(8-6-18)15-17-4-9-21-15/h1-4,9-10H,5-8,11H2. The van der Waals surface area contributed by atoms with Crippen molar-refractivity contribution in [2.45, 2.75) is 0 Å². The van der Waals surface area contributed by atoms with Crippen LogP contribution in [0, 0.1) is 0 Å². The quantitative estimate of drug-likeness (QED) is 0.780. The summed E-state index contributed by atoms with van der Waals surface area (Å²) in [4.78, 5) is 21.1. The second-order valence-corrected chi connectivity index (χ2v) is 6.80. The normalized spacial score (nSPS) is 16.1. The molecule has 0 saturated carbocycles. The molecule has 0 radical (unpaired) electrons. The number of anilines is 1. The molecule has 1 aliphatic heterocycles. The van der Waals surface area contributed by atoms with Crippen LogP contribution < -0.4 is 4.90 Å². The van der Waals surface area contributed by atoms with Crippen LogP contribution in [0.1, 0.15) is 10.4 Å². The molecule has 1 fully saturated rings. The molecule has 0 bridgehead atoms. The van der Waals surface area contributed by atoms with Gasteiger partial charge in [-0.25, -0.2) is 4.98 Å². The highest BCUT2D eigenvalue weighted by Gasteiger charge is 2.20. The maximum absolute atomic E-state index is 12.3. The van der Waals surface area contributed by atoms with Crippen LogP contribution >= 0.6 is 27.3 Å². The van der Waals surface area contributed by atoms with E-state index in [0.29, 0.717) is 6.54 Å². The highest BCUT2D eigenvalue weighted by molar-refractivity contribution is 9.10. The van der Waals surface area contributed by atoms with E-state index in [1.807, 2.05) is 35.8 Å². The van der Waals surface area contributed by atoms with Crippen molar-refractivity contribution in [2.75, 3.05) is 37.6 Å². The van der Waals surface area contributed by atoms with E-state index in [-0.39, 0.29) is 5.78 Å². The van der Waals surface area contributed by atoms with Crippen molar-refractivity contribution in [1.82, 2.24) is 9.88 Å². The number of rotatable bonds is 4. The third kappa shape index (κ3) is 3.70. The Hall–Kier alpha value is -1.24. The van der Waals surface area contributed by atoms with Gasteiger partial charge >= 0.3 is 0 Å². The first-order valence-corrected chi connectivity index (χ1v) is 8.55. The Labute approximate surface area is 136 Å². The Balaban J connectivity index is 1.54. The molecule has 1 aromatic carbocycles. The van der Waals surface area contributed by atoms with Crippen molar-refractivity contribution in [1.29, 1.82) is 0 Å². The van der Waals surface area contributed by atoms with Crippen molar-refractivity contribution in [3.8, 4) is 0 Å². The zero-order valence-electron chi connectivity index (χ0n) is 11.5. The van der Waals surface area contributed by atoms with E-state index in [2.05, 4.69) is 30.7 Å². The molecule has 21 heavy (non-hydrogen) atoms. The molecule has 0 atom stereocenters. The lowest BCUT2D eigenvalue weighted by Gasteiger charge is -2.34. The number of Topliss-reactive ketones (excluding diaryl/α,β-unsaturated/α-hetero) is 1. The second kappa shape index (κ2) is 6.68. The third-order valence-electron chi connectivity index (χ3n) is 3.58. The number of hydrogen-bond acceptors (Lipinski definition) is 5. The molecule has 0 N–H and O–H groups in total. The van der Waals surface area contributed by atoms with Gasteiger partial charge < -0.3 is 4.90 Å². The van der Waals surface area contributed by atoms with E-state index < -0.39 is 0 Å². The summed E-state index contributed by atoms with van der Waals surface area (Å²) in [6.45, 7) is 4.15. The first kappa shape index (κ1) is 14.7. The van der Waals surface area contributed by atoms with Crippen LogP contribution in [0.3, 0.4) is 0 Å². The molecule has 0 aliphatic carbocycles. The van der Waals surface area contributed by atoms with Crippen molar-refractivity contribution >= 4 is 38.2 Å². The predicted molar refractivity (Wildman–Crippen MR) is 89.2 cm³/mol. The van der Waals surface area contributed by atoms with Crippen molar-refractivity contribution in [3.63, 3.8) is 0 Å². The number of nitrogens with zero attached hydrogens (tertiary/aromatic N) is 3. The lowest BCUT2D eigenvalue weighted by atomic mass is 10.1. The van der Waals surface area contributed by atoms with E-state index in [1.165, 1.54) is 0 Å². The molecule has 4 nitrogen and oxygen atoms in total. The number of hydrogen-bond donors (Lipinski definition) is 0. The SMILES string of the molecule is O=C(CN1CCN(c2nccs2)CC1)c1cccc(Br)c1. The summed E-state index contributed by atoms with van der Waals surface area (Å²) < 4.78 is 0.946. The first-order valence-electron chi connectivity index (χ1n) is 6.88. The van der Waals surface area contributed by atoms with Crippen molar-refractivity contribution in [3.05, 3.63) is 45.9 Å². The monoisotopic (exact) mass is 365 g/mol. The van der Waals surface area contributed by atoms with E-state index in [9.17, 15) is 4.79 Å². The first-order chi connectivity index (χ1) is 10.2. The Bertz CT molecular complexity index is 609. The van der Waals surface area contributed by atoms with Crippen LogP contribution in [0.25, 0.3) is 0 Å². The highest BCUT2D eigenvalue weighted by Crippen LogP contribution is 2.19. The Morgan fingerprint density at radius 2 is 2.10 bits per heavy atom. The van der Waals surface area contributed by atoms with Gasteiger partial charge in [-0.3, -0.25) is 9.69 Å². The fourth-order valence-electron chi connectivity index (χ4n) is 2.43. The molecule has 6 heteroatoms. The largest absolute Gasteiger partial charge is 0.346 e. The van der Waals surface area contributed by atoms with Crippen LogP contribution in [0.5, 0.6) is 0 Å². The summed E-state index contributed by atoms with van der Waals surface area (Å²) in [7, 11) is 0. The molecule has 1 aromatic heterocycles. The molecule has 2 aromatic rings. The third-order valence-corrected chi connectivity index (χ3v) is 4.90. The number of benzene rings is 1. The Kier molecular flexibility index (Phi) is 4.67. The molecule has 110 valence electrons. The fraction of sp³-hybridized carbons (Fsp3) is 0.333. The number of ketones is 1. The summed E-state index contributed by atoms with van der Waals surface area (Å²) in [5.41, 5.74) is 0.770. The Morgan fingerprint density at radius 3 is 2.76 bits per heavy atom. The fourth-order valence-corrected chi connectivity index (χ4v) is 3.52. The average molecular weight is 366 g/mol. The topological polar surface area (TPSA) is 36.4 Å². The van der Waals surface area contributed by atoms with Gasteiger partial charge in [0.15, 0.2) is 10.9 Å². The van der Waals surface area contributed by atoms with Crippen LogP contribution in [0.4, 0.5) is 5.13 Å². The summed E-state index contributed by atoms with van der Waals surface area (Å²) in [5.74, 6) is 0.180. The van der Waals surface area contributed by atoms with Gasteiger partial charge in [-0.1, -0.05) is 28.1 Å². The minimum Gasteiger partial charge on any atom is -0.346 e. The predicted octanol–water partition coefficient (Wildman–Crippen LogP) is 2.91. The Morgan fingerprint density at radius 1 is 1.29 bits per heavy atom. The molecule has 0 amide bonds. The van der Waals surface area contributed by atoms with E-state index >= 15 is 0 Å². The van der Waals surface area contributed by atoms with Gasteiger partial charge in [0.05, 0.1) is 6.54 Å². The smallest absolute Gasteiger partial charge is 0.185 e. The van der Waals surface area contributed by atoms with Gasteiger partial charge in [0.25, 0.3) is 0 Å². The molecule has 0 unspecified atom stereocenters. The molecule has 2 heterocycles. The number of halogens is 1. The van der Waals surface area contributed by atoms with Crippen molar-refractivity contribution < 1.29 is 4.79 Å². The number of carbonyl (C=O) groups excluding carboxylic acids is 1. The number of piperazine rings is 1. The van der Waals surface area contributed by atoms with Gasteiger partial charge in [0.2, 0.25) is 0 Å². The van der Waals surface area contributed by atoms with Gasteiger partial charge in [-0.05, 0) is 12.1 Å². The van der Waals surface area contributed by atoms with Crippen LogP contribution in [-0.4, -0.2) is 48.4 Å². The number of aromatic nitrogens is 1. The zero-order chi connectivity index (χ0) is 14.7. The second-order valence-electron chi connectivity index (χ2n) is 5.01. The average Bonchev–Trinajstić information content (AvgIpc) is 3.02. The number of carbonyl (C=O) groups is 1. The van der Waals surface area contributed by atoms with E-state index in [1.54, 1.807) is 11.3 Å². The molecular weight excluding hydrogens is 350 g/mol. The lowest BCUT2D eigenvalue weighted by Crippen LogP contribution is -2.48. The molecule has 3 rings (SSSR count). The lowest BCUT2D eigenvalue weighted by molar-refractivity contribution is 0.0926. The van der Waals surface area contributed by atoms with Crippen LogP contribution in [0.2, 0.25) is 0 Å². The molecular formula is C15H16BrN3OS. The van der Waals surface area contributed by atoms with Gasteiger partial charge in [0, 0.05) is 47.8 Å². The molecule has 1 aliphatic rings. The van der Waals surface area contributed by atoms with Gasteiger partial charge in [-0.2, -0.15) is 0 Å². The maximum Gasteiger partial charge on any atom is 0.185 e. The van der Waals surface area contributed by atoms with Crippen LogP contribution in [0.15, 0.2) is 40.3 Å². The van der Waals surface area contributed by atoms with Gasteiger partial charge in [-0.15, -0.1) is 11.3 Å². The molecule has 1 saturated heterocycles. The minimum absolute atomic E-state index is 0.180. The van der Waals surface area contributed by atoms with Crippen LogP contribution in [-0.2, 0) is 0 Å². The van der Waals surface area contributed by atoms with Crippen molar-refractivity contribution in [2.24, 2.45) is 0 Å². The zero-order valence-corrected chi connectivity index (χ0v) is 13.9. The summed E-state index contributed by atoms with van der Waals surface area (Å²) >= 11 is 5.07. The van der Waals surface area contributed by atoms with Gasteiger partial charge in [0.1, 0.15) is 0 Å². The van der Waals surface area contributed by atoms with E-state index in [4.69, 9.17) is 0 Å². The summed E-state index contributed by atoms with van der Waals surface area (Å²) in [6.07, 6.45) is 1.84. The minimum atomic E-state index is 0.180.